The number of aromatic nitrogens is 1. The van der Waals surface area contributed by atoms with Crippen LogP contribution in [-0.2, 0) is 0 Å². The van der Waals surface area contributed by atoms with Crippen LogP contribution in [0.5, 0.6) is 0 Å². The molecule has 0 aliphatic carbocycles. The Kier molecular flexibility index (Phi) is 3.73. The molecular weight excluding hydrogens is 296 g/mol. The van der Waals surface area contributed by atoms with E-state index in [4.69, 9.17) is 5.73 Å². The summed E-state index contributed by atoms with van der Waals surface area (Å²) < 4.78 is 27.6. The van der Waals surface area contributed by atoms with E-state index in [1.807, 2.05) is 36.4 Å². The Morgan fingerprint density at radius 2 is 1.70 bits per heavy atom. The zero-order valence-corrected chi connectivity index (χ0v) is 11.9. The van der Waals surface area contributed by atoms with Gasteiger partial charge in [0.2, 0.25) is 0 Å². The molecule has 0 aliphatic heterocycles. The smallest absolute Gasteiger partial charge is 0.142 e. The Hall–Kier alpha value is -3.26. The molecule has 3 aromatic rings. The average molecular weight is 307 g/mol. The quantitative estimate of drug-likeness (QED) is 0.773. The standard InChI is InChI=1S/C18H11F2N3/c19-12-6-7-16(20)14(8-12)13-9-17(11-4-2-1-3-5-11)23-18(22)15(13)10-21/h1-9H,(H2,22,23). The van der Waals surface area contributed by atoms with Gasteiger partial charge in [0.1, 0.15) is 29.1 Å². The van der Waals surface area contributed by atoms with E-state index >= 15 is 0 Å². The third-order valence-electron chi connectivity index (χ3n) is 3.45. The first kappa shape index (κ1) is 14.7. The zero-order chi connectivity index (χ0) is 16.4. The number of nitrogens with zero attached hydrogens (tertiary/aromatic N) is 2. The van der Waals surface area contributed by atoms with Gasteiger partial charge in [-0.2, -0.15) is 5.26 Å². The van der Waals surface area contributed by atoms with Crippen molar-refractivity contribution in [2.75, 3.05) is 5.73 Å². The van der Waals surface area contributed by atoms with Crippen LogP contribution in [0.1, 0.15) is 5.56 Å². The second kappa shape index (κ2) is 5.85. The molecule has 5 heteroatoms. The SMILES string of the molecule is N#Cc1c(-c2cc(F)ccc2F)cc(-c2ccccc2)nc1N. The minimum Gasteiger partial charge on any atom is -0.383 e. The minimum absolute atomic E-state index is 0.0205. The number of hydrogen-bond acceptors (Lipinski definition) is 3. The number of benzene rings is 2. The Bertz CT molecular complexity index is 916. The van der Waals surface area contributed by atoms with E-state index in [-0.39, 0.29) is 22.5 Å². The van der Waals surface area contributed by atoms with Crippen LogP contribution in [0.2, 0.25) is 0 Å². The Morgan fingerprint density at radius 1 is 0.957 bits per heavy atom. The van der Waals surface area contributed by atoms with Crippen LogP contribution in [0.15, 0.2) is 54.6 Å². The molecule has 2 N–H and O–H groups in total. The fourth-order valence-electron chi connectivity index (χ4n) is 2.36. The van der Waals surface area contributed by atoms with Crippen molar-refractivity contribution in [2.24, 2.45) is 0 Å². The number of pyridine rings is 1. The van der Waals surface area contributed by atoms with Crippen molar-refractivity contribution >= 4 is 5.82 Å². The Labute approximate surface area is 131 Å². The number of nitriles is 1. The van der Waals surface area contributed by atoms with Gasteiger partial charge in [-0.05, 0) is 24.3 Å². The molecule has 0 aliphatic rings. The maximum atomic E-state index is 14.1. The minimum atomic E-state index is -0.632. The highest BCUT2D eigenvalue weighted by atomic mass is 19.1. The molecule has 23 heavy (non-hydrogen) atoms. The van der Waals surface area contributed by atoms with E-state index in [0.717, 1.165) is 23.8 Å². The number of nitrogen functional groups attached to an aromatic ring is 1. The molecule has 0 atom stereocenters. The summed E-state index contributed by atoms with van der Waals surface area (Å²) in [5, 5.41) is 9.30. The lowest BCUT2D eigenvalue weighted by Gasteiger charge is -2.11. The van der Waals surface area contributed by atoms with E-state index in [0.29, 0.717) is 5.69 Å². The van der Waals surface area contributed by atoms with Crippen molar-refractivity contribution in [2.45, 2.75) is 0 Å². The predicted molar refractivity (Wildman–Crippen MR) is 84.2 cm³/mol. The zero-order valence-electron chi connectivity index (χ0n) is 11.9. The number of hydrogen-bond donors (Lipinski definition) is 1. The van der Waals surface area contributed by atoms with Gasteiger partial charge in [0.05, 0.1) is 5.69 Å². The molecule has 0 bridgehead atoms. The van der Waals surface area contributed by atoms with Crippen molar-refractivity contribution < 1.29 is 8.78 Å². The van der Waals surface area contributed by atoms with Gasteiger partial charge >= 0.3 is 0 Å². The summed E-state index contributed by atoms with van der Waals surface area (Å²) >= 11 is 0. The van der Waals surface area contributed by atoms with Crippen molar-refractivity contribution in [1.82, 2.24) is 4.98 Å². The second-order valence-electron chi connectivity index (χ2n) is 4.92. The van der Waals surface area contributed by atoms with Crippen LogP contribution in [-0.4, -0.2) is 4.98 Å². The van der Waals surface area contributed by atoms with Crippen LogP contribution in [0, 0.1) is 23.0 Å². The van der Waals surface area contributed by atoms with Gasteiger partial charge in [0.25, 0.3) is 0 Å². The highest BCUT2D eigenvalue weighted by molar-refractivity contribution is 5.80. The first-order valence-corrected chi connectivity index (χ1v) is 6.81. The van der Waals surface area contributed by atoms with Gasteiger partial charge < -0.3 is 5.73 Å². The first-order valence-electron chi connectivity index (χ1n) is 6.81. The number of halogens is 2. The normalized spacial score (nSPS) is 10.3. The van der Waals surface area contributed by atoms with E-state index in [1.165, 1.54) is 0 Å². The molecule has 0 unspecified atom stereocenters. The molecule has 0 spiro atoms. The van der Waals surface area contributed by atoms with E-state index < -0.39 is 11.6 Å². The van der Waals surface area contributed by atoms with Crippen molar-refractivity contribution in [3.8, 4) is 28.5 Å². The first-order chi connectivity index (χ1) is 11.1. The van der Waals surface area contributed by atoms with E-state index in [2.05, 4.69) is 4.98 Å². The van der Waals surface area contributed by atoms with Gasteiger partial charge in [-0.15, -0.1) is 0 Å². The monoisotopic (exact) mass is 307 g/mol. The largest absolute Gasteiger partial charge is 0.383 e. The summed E-state index contributed by atoms with van der Waals surface area (Å²) in [7, 11) is 0. The maximum absolute atomic E-state index is 14.1. The van der Waals surface area contributed by atoms with E-state index in [9.17, 15) is 14.0 Å². The van der Waals surface area contributed by atoms with E-state index in [1.54, 1.807) is 6.07 Å². The second-order valence-corrected chi connectivity index (χ2v) is 4.92. The van der Waals surface area contributed by atoms with Crippen molar-refractivity contribution in [3.63, 3.8) is 0 Å². The summed E-state index contributed by atoms with van der Waals surface area (Å²) in [4.78, 5) is 4.19. The summed E-state index contributed by atoms with van der Waals surface area (Å²) in [5.74, 6) is -1.25. The van der Waals surface area contributed by atoms with Crippen LogP contribution in [0.25, 0.3) is 22.4 Å². The summed E-state index contributed by atoms with van der Waals surface area (Å²) in [6.45, 7) is 0. The summed E-state index contributed by atoms with van der Waals surface area (Å²) in [6, 6.07) is 15.7. The van der Waals surface area contributed by atoms with Crippen LogP contribution < -0.4 is 5.73 Å². The maximum Gasteiger partial charge on any atom is 0.142 e. The molecule has 0 radical (unpaired) electrons. The lowest BCUT2D eigenvalue weighted by molar-refractivity contribution is 0.603. The molecule has 1 heterocycles. The van der Waals surface area contributed by atoms with Gasteiger partial charge in [0.15, 0.2) is 0 Å². The van der Waals surface area contributed by atoms with Crippen molar-refractivity contribution in [3.05, 3.63) is 71.8 Å². The van der Waals surface area contributed by atoms with Gasteiger partial charge in [-0.25, -0.2) is 13.8 Å². The third kappa shape index (κ3) is 2.74. The fraction of sp³-hybridized carbons (Fsp3) is 0. The molecule has 2 aromatic carbocycles. The molecule has 3 nitrogen and oxygen atoms in total. The topological polar surface area (TPSA) is 62.7 Å². The molecule has 1 aromatic heterocycles. The Morgan fingerprint density at radius 3 is 2.39 bits per heavy atom. The lowest BCUT2D eigenvalue weighted by Crippen LogP contribution is -2.01. The third-order valence-corrected chi connectivity index (χ3v) is 3.45. The van der Waals surface area contributed by atoms with Gasteiger partial charge in [0, 0.05) is 16.7 Å². The molecule has 112 valence electrons. The number of nitrogens with two attached hydrogens (primary N) is 1. The highest BCUT2D eigenvalue weighted by Crippen LogP contribution is 2.32. The summed E-state index contributed by atoms with van der Waals surface area (Å²) in [6.07, 6.45) is 0. The highest BCUT2D eigenvalue weighted by Gasteiger charge is 2.16. The average Bonchev–Trinajstić information content (AvgIpc) is 2.57. The molecule has 0 saturated heterocycles. The molecule has 3 rings (SSSR count). The van der Waals surface area contributed by atoms with Crippen LogP contribution in [0.3, 0.4) is 0 Å². The molecule has 0 amide bonds. The lowest BCUT2D eigenvalue weighted by atomic mass is 9.98. The fourth-order valence-corrected chi connectivity index (χ4v) is 2.36. The molecule has 0 fully saturated rings. The Balaban J connectivity index is 2.29. The molecular formula is C18H11F2N3. The van der Waals surface area contributed by atoms with Crippen molar-refractivity contribution in [1.29, 1.82) is 5.26 Å². The van der Waals surface area contributed by atoms with Crippen LogP contribution in [0.4, 0.5) is 14.6 Å². The summed E-state index contributed by atoms with van der Waals surface area (Å²) in [5.41, 5.74) is 7.32. The van der Waals surface area contributed by atoms with Crippen LogP contribution >= 0.6 is 0 Å². The van der Waals surface area contributed by atoms with Gasteiger partial charge in [-0.1, -0.05) is 30.3 Å². The number of anilines is 1. The van der Waals surface area contributed by atoms with Gasteiger partial charge in [-0.3, -0.25) is 0 Å². The predicted octanol–water partition coefficient (Wildman–Crippen LogP) is 4.15. The number of rotatable bonds is 2. The molecule has 0 saturated carbocycles.